The van der Waals surface area contributed by atoms with Crippen LogP contribution in [0.25, 0.3) is 0 Å². The van der Waals surface area contributed by atoms with Crippen LogP contribution in [0.4, 0.5) is 11.6 Å². The number of amidine groups is 1. The molecular formula is C30H44N10O. The van der Waals surface area contributed by atoms with Crippen molar-refractivity contribution in [3.8, 4) is 0 Å². The minimum atomic E-state index is 0.455. The maximum Gasteiger partial charge on any atom is 0.168 e. The van der Waals surface area contributed by atoms with E-state index in [-0.39, 0.29) is 0 Å². The van der Waals surface area contributed by atoms with Gasteiger partial charge in [0, 0.05) is 64.2 Å². The van der Waals surface area contributed by atoms with Crippen molar-refractivity contribution >= 4 is 29.5 Å². The highest BCUT2D eigenvalue weighted by atomic mass is 16.1. The molecule has 0 amide bonds. The number of hydrogen-bond acceptors (Lipinski definition) is 10. The Hall–Kier alpha value is -3.83. The SMILES string of the molecule is CCNc1cc(C(=NC)/C(=C\N)C(=NC)NN)cc(NC)n1.O=Cc1cc(CN2CCC3(CC3)C2)cc(C2CC2)n1. The van der Waals surface area contributed by atoms with Gasteiger partial charge in [0.2, 0.25) is 0 Å². The van der Waals surface area contributed by atoms with Gasteiger partial charge in [0.15, 0.2) is 6.29 Å². The second kappa shape index (κ2) is 13.7. The maximum atomic E-state index is 11.0. The lowest BCUT2D eigenvalue weighted by Gasteiger charge is -2.16. The molecule has 0 aromatic carbocycles. The first-order chi connectivity index (χ1) is 19.9. The van der Waals surface area contributed by atoms with Crippen molar-refractivity contribution in [2.75, 3.05) is 51.4 Å². The molecule has 3 heterocycles. The van der Waals surface area contributed by atoms with Crippen LogP contribution in [0.2, 0.25) is 0 Å². The maximum absolute atomic E-state index is 11.0. The first-order valence-corrected chi connectivity index (χ1v) is 14.4. The summed E-state index contributed by atoms with van der Waals surface area (Å²) in [4.78, 5) is 30.9. The van der Waals surface area contributed by atoms with E-state index < -0.39 is 0 Å². The summed E-state index contributed by atoms with van der Waals surface area (Å²) in [5.74, 6) is 8.04. The van der Waals surface area contributed by atoms with Gasteiger partial charge < -0.3 is 21.8 Å². The third-order valence-electron chi connectivity index (χ3n) is 7.90. The largest absolute Gasteiger partial charge is 0.404 e. The van der Waals surface area contributed by atoms with E-state index in [0.717, 1.165) is 42.3 Å². The third-order valence-corrected chi connectivity index (χ3v) is 7.90. The summed E-state index contributed by atoms with van der Waals surface area (Å²) in [5, 5.41) is 6.22. The van der Waals surface area contributed by atoms with Gasteiger partial charge in [-0.25, -0.2) is 15.8 Å². The number of carbonyl (C=O) groups excluding carboxylic acids is 1. The Morgan fingerprint density at radius 3 is 2.41 bits per heavy atom. The highest BCUT2D eigenvalue weighted by molar-refractivity contribution is 6.29. The van der Waals surface area contributed by atoms with Crippen molar-refractivity contribution in [3.63, 3.8) is 0 Å². The Bertz CT molecular complexity index is 1310. The smallest absolute Gasteiger partial charge is 0.168 e. The summed E-state index contributed by atoms with van der Waals surface area (Å²) < 4.78 is 0. The minimum Gasteiger partial charge on any atom is -0.404 e. The number of aldehydes is 1. The van der Waals surface area contributed by atoms with Crippen LogP contribution in [0.1, 0.15) is 72.3 Å². The van der Waals surface area contributed by atoms with E-state index in [1.54, 1.807) is 14.1 Å². The first-order valence-electron chi connectivity index (χ1n) is 14.4. The molecule has 7 N–H and O–H groups in total. The molecule has 0 atom stereocenters. The lowest BCUT2D eigenvalue weighted by atomic mass is 10.0. The Balaban J connectivity index is 0.000000190. The zero-order chi connectivity index (χ0) is 29.4. The fraction of sp³-hybridized carbons (Fsp3) is 0.500. The molecule has 2 aromatic rings. The summed E-state index contributed by atoms with van der Waals surface area (Å²) in [6, 6.07) is 7.98. The molecule has 1 aliphatic heterocycles. The molecule has 1 saturated heterocycles. The van der Waals surface area contributed by atoms with E-state index in [2.05, 4.69) is 47.0 Å². The van der Waals surface area contributed by atoms with Gasteiger partial charge in [0.25, 0.3) is 0 Å². The summed E-state index contributed by atoms with van der Waals surface area (Å²) in [5.41, 5.74) is 14.1. The number of hydrogen-bond donors (Lipinski definition) is 5. The molecule has 0 radical (unpaired) electrons. The fourth-order valence-corrected chi connectivity index (χ4v) is 5.39. The summed E-state index contributed by atoms with van der Waals surface area (Å²) in [6.07, 6.45) is 9.01. The monoisotopic (exact) mass is 560 g/mol. The molecule has 1 spiro atoms. The number of aromatic nitrogens is 2. The van der Waals surface area contributed by atoms with Crippen LogP contribution in [0.3, 0.4) is 0 Å². The van der Waals surface area contributed by atoms with Crippen molar-refractivity contribution in [3.05, 3.63) is 58.6 Å². The second-order valence-electron chi connectivity index (χ2n) is 11.0. The lowest BCUT2D eigenvalue weighted by Crippen LogP contribution is -2.35. The molecule has 3 aliphatic rings. The van der Waals surface area contributed by atoms with Crippen molar-refractivity contribution < 1.29 is 4.79 Å². The molecular weight excluding hydrogens is 516 g/mol. The van der Waals surface area contributed by atoms with E-state index in [0.29, 0.717) is 34.1 Å². The quantitative estimate of drug-likeness (QED) is 0.0968. The standard InChI is InChI=1S/C16H20N2O.C14H24N8/c19-10-14-7-12(8-15(17-14)13-1-2-13)9-18-6-5-16(11-18)3-4-16;1-5-20-12-7-9(6-11(17-2)21-12)13(18-3)10(8-15)14(19-4)22-16/h7-8,10,13H,1-6,9,11H2;6-8H,5,15-16H2,1-4H3,(H,19,22)(H2,17,20,21)/b;10-8+,18-13?. The van der Waals surface area contributed by atoms with Gasteiger partial charge in [0.05, 0.1) is 11.3 Å². The Kier molecular flexibility index (Phi) is 10.1. The Morgan fingerprint density at radius 2 is 1.88 bits per heavy atom. The second-order valence-corrected chi connectivity index (χ2v) is 11.0. The third kappa shape index (κ3) is 7.68. The summed E-state index contributed by atoms with van der Waals surface area (Å²) in [6.45, 7) is 6.24. The number of rotatable bonds is 10. The Labute approximate surface area is 243 Å². The average molecular weight is 561 g/mol. The van der Waals surface area contributed by atoms with Crippen molar-refractivity contribution in [1.29, 1.82) is 0 Å². The van der Waals surface area contributed by atoms with Crippen LogP contribution in [-0.4, -0.2) is 73.5 Å². The fourth-order valence-electron chi connectivity index (χ4n) is 5.39. The molecule has 11 heteroatoms. The molecule has 2 aromatic heterocycles. The van der Waals surface area contributed by atoms with Gasteiger partial charge in [-0.2, -0.15) is 0 Å². The minimum absolute atomic E-state index is 0.455. The predicted octanol–water partition coefficient (Wildman–Crippen LogP) is 3.07. The van der Waals surface area contributed by atoms with Crippen LogP contribution in [0, 0.1) is 5.41 Å². The van der Waals surface area contributed by atoms with Crippen molar-refractivity contribution in [2.45, 2.75) is 51.5 Å². The number of hydrazine groups is 1. The molecule has 5 rings (SSSR count). The lowest BCUT2D eigenvalue weighted by molar-refractivity contribution is 0.111. The Morgan fingerprint density at radius 1 is 1.12 bits per heavy atom. The number of aliphatic imine (C=N–C) groups is 2. The average Bonchev–Trinajstić information content (AvgIpc) is 3.92. The molecule has 0 bridgehead atoms. The zero-order valence-corrected chi connectivity index (χ0v) is 24.7. The highest BCUT2D eigenvalue weighted by Crippen LogP contribution is 2.52. The molecule has 2 aliphatic carbocycles. The van der Waals surface area contributed by atoms with Crippen LogP contribution >= 0.6 is 0 Å². The predicted molar refractivity (Wildman–Crippen MR) is 167 cm³/mol. The van der Waals surface area contributed by atoms with Crippen molar-refractivity contribution in [1.82, 2.24) is 20.3 Å². The van der Waals surface area contributed by atoms with Crippen LogP contribution in [0.5, 0.6) is 0 Å². The first kappa shape index (κ1) is 30.1. The molecule has 3 fully saturated rings. The summed E-state index contributed by atoms with van der Waals surface area (Å²) >= 11 is 0. The number of anilines is 2. The van der Waals surface area contributed by atoms with Gasteiger partial charge in [-0.1, -0.05) is 0 Å². The van der Waals surface area contributed by atoms with Gasteiger partial charge >= 0.3 is 0 Å². The van der Waals surface area contributed by atoms with Gasteiger partial charge in [0.1, 0.15) is 23.2 Å². The zero-order valence-electron chi connectivity index (χ0n) is 24.7. The molecule has 0 unspecified atom stereocenters. The molecule has 11 nitrogen and oxygen atoms in total. The van der Waals surface area contributed by atoms with E-state index >= 15 is 0 Å². The van der Waals surface area contributed by atoms with Gasteiger partial charge in [-0.3, -0.25) is 19.7 Å². The highest BCUT2D eigenvalue weighted by Gasteiger charge is 2.47. The van der Waals surface area contributed by atoms with Crippen LogP contribution < -0.4 is 27.6 Å². The normalized spacial score (nSPS) is 18.5. The van der Waals surface area contributed by atoms with Gasteiger partial charge in [-0.15, -0.1) is 0 Å². The topological polar surface area (TPSA) is 159 Å². The van der Waals surface area contributed by atoms with E-state index in [1.807, 2.05) is 32.2 Å². The van der Waals surface area contributed by atoms with Gasteiger partial charge in [-0.05, 0) is 80.8 Å². The van der Waals surface area contributed by atoms with Crippen LogP contribution in [-0.2, 0) is 6.54 Å². The van der Waals surface area contributed by atoms with E-state index in [4.69, 9.17) is 11.6 Å². The van der Waals surface area contributed by atoms with Crippen molar-refractivity contribution in [2.24, 2.45) is 27.0 Å². The number of nitrogens with two attached hydrogens (primary N) is 2. The number of nitrogens with one attached hydrogen (secondary N) is 3. The molecule has 2 saturated carbocycles. The van der Waals surface area contributed by atoms with E-state index in [1.165, 1.54) is 57.0 Å². The molecule has 220 valence electrons. The summed E-state index contributed by atoms with van der Waals surface area (Å²) in [7, 11) is 5.13. The number of pyridine rings is 2. The number of likely N-dealkylation sites (tertiary alicyclic amines) is 1. The van der Waals surface area contributed by atoms with E-state index in [9.17, 15) is 4.79 Å². The molecule has 41 heavy (non-hydrogen) atoms. The number of carbonyl (C=O) groups is 1. The van der Waals surface area contributed by atoms with Crippen LogP contribution in [0.15, 0.2) is 46.0 Å². The number of nitrogens with zero attached hydrogens (tertiary/aromatic N) is 5.